The minimum atomic E-state index is -0.945. The van der Waals surface area contributed by atoms with Gasteiger partial charge in [0.2, 0.25) is 0 Å². The van der Waals surface area contributed by atoms with Crippen LogP contribution >= 0.6 is 0 Å². The highest BCUT2D eigenvalue weighted by molar-refractivity contribution is 5.94. The third kappa shape index (κ3) is 3.10. The standard InChI is InChI=1S/C21H17NO5/c23-17-10-19(27-18-9-5-4-8-14(17)18)20(24)22-11-15(16(12-22)21(25)26)13-6-2-1-3-7-13/h1-10,15-16H,11-12H2,(H,25,26)/t15-,16+/m0/s1. The monoisotopic (exact) mass is 363 g/mol. The number of carboxylic acids is 1. The number of fused-ring (bicyclic) bond motifs is 1. The lowest BCUT2D eigenvalue weighted by molar-refractivity contribution is -0.141. The van der Waals surface area contributed by atoms with E-state index in [1.807, 2.05) is 30.3 Å². The zero-order chi connectivity index (χ0) is 19.0. The molecule has 3 aromatic rings. The van der Waals surface area contributed by atoms with Gasteiger partial charge < -0.3 is 14.4 Å². The number of rotatable bonds is 3. The lowest BCUT2D eigenvalue weighted by Gasteiger charge is -2.16. The fraction of sp³-hybridized carbons (Fsp3) is 0.190. The predicted molar refractivity (Wildman–Crippen MR) is 98.7 cm³/mol. The van der Waals surface area contributed by atoms with E-state index in [0.29, 0.717) is 11.0 Å². The maximum atomic E-state index is 12.9. The fourth-order valence-electron chi connectivity index (χ4n) is 3.62. The number of para-hydroxylation sites is 1. The summed E-state index contributed by atoms with van der Waals surface area (Å²) in [6.45, 7) is 0.334. The van der Waals surface area contributed by atoms with E-state index >= 15 is 0 Å². The van der Waals surface area contributed by atoms with Gasteiger partial charge in [0.1, 0.15) is 5.58 Å². The third-order valence-electron chi connectivity index (χ3n) is 5.00. The zero-order valence-electron chi connectivity index (χ0n) is 14.4. The lowest BCUT2D eigenvalue weighted by Crippen LogP contribution is -2.30. The van der Waals surface area contributed by atoms with Gasteiger partial charge in [0.25, 0.3) is 5.91 Å². The molecule has 2 atom stereocenters. The molecule has 0 saturated carbocycles. The summed E-state index contributed by atoms with van der Waals surface area (Å²) in [4.78, 5) is 38.3. The Hall–Kier alpha value is -3.41. The van der Waals surface area contributed by atoms with Crippen LogP contribution in [0, 0.1) is 5.92 Å². The molecule has 0 aliphatic carbocycles. The molecule has 6 heteroatoms. The van der Waals surface area contributed by atoms with Gasteiger partial charge in [-0.05, 0) is 17.7 Å². The molecule has 2 aromatic carbocycles. The molecule has 0 spiro atoms. The molecule has 1 saturated heterocycles. The maximum absolute atomic E-state index is 12.9. The summed E-state index contributed by atoms with van der Waals surface area (Å²) in [7, 11) is 0. The molecule has 1 fully saturated rings. The third-order valence-corrected chi connectivity index (χ3v) is 5.00. The maximum Gasteiger partial charge on any atom is 0.308 e. The molecule has 1 aliphatic rings. The van der Waals surface area contributed by atoms with E-state index in [9.17, 15) is 19.5 Å². The second-order valence-corrected chi connectivity index (χ2v) is 6.64. The first-order chi connectivity index (χ1) is 13.0. The Bertz CT molecular complexity index is 1070. The van der Waals surface area contributed by atoms with Crippen molar-refractivity contribution in [1.29, 1.82) is 0 Å². The number of aliphatic carboxylic acids is 1. The first kappa shape index (κ1) is 17.0. The van der Waals surface area contributed by atoms with Crippen molar-refractivity contribution in [3.05, 3.63) is 82.2 Å². The summed E-state index contributed by atoms with van der Waals surface area (Å²) < 4.78 is 5.61. The average molecular weight is 363 g/mol. The number of likely N-dealkylation sites (tertiary alicyclic amines) is 1. The van der Waals surface area contributed by atoms with E-state index in [-0.39, 0.29) is 30.2 Å². The number of hydrogen-bond donors (Lipinski definition) is 1. The lowest BCUT2D eigenvalue weighted by atomic mass is 9.89. The number of carboxylic acid groups (broad SMARTS) is 1. The van der Waals surface area contributed by atoms with E-state index in [2.05, 4.69) is 0 Å². The second kappa shape index (κ2) is 6.72. The summed E-state index contributed by atoms with van der Waals surface area (Å²) >= 11 is 0. The molecular formula is C21H17NO5. The van der Waals surface area contributed by atoms with Crippen LogP contribution in [0.2, 0.25) is 0 Å². The van der Waals surface area contributed by atoms with E-state index < -0.39 is 17.8 Å². The Kier molecular flexibility index (Phi) is 4.24. The molecule has 0 radical (unpaired) electrons. The fourth-order valence-corrected chi connectivity index (χ4v) is 3.62. The highest BCUT2D eigenvalue weighted by Crippen LogP contribution is 2.33. The predicted octanol–water partition coefficient (Wildman–Crippen LogP) is 2.73. The quantitative estimate of drug-likeness (QED) is 0.773. The van der Waals surface area contributed by atoms with Gasteiger partial charge in [-0.15, -0.1) is 0 Å². The van der Waals surface area contributed by atoms with Crippen molar-refractivity contribution in [1.82, 2.24) is 4.90 Å². The molecule has 1 aromatic heterocycles. The first-order valence-electron chi connectivity index (χ1n) is 8.64. The van der Waals surface area contributed by atoms with Gasteiger partial charge in [-0.25, -0.2) is 0 Å². The van der Waals surface area contributed by atoms with Crippen molar-refractivity contribution in [3.8, 4) is 0 Å². The highest BCUT2D eigenvalue weighted by atomic mass is 16.4. The summed E-state index contributed by atoms with van der Waals surface area (Å²) in [5.41, 5.74) is 0.913. The Balaban J connectivity index is 1.66. The van der Waals surface area contributed by atoms with Crippen LogP contribution in [0.3, 0.4) is 0 Å². The smallest absolute Gasteiger partial charge is 0.308 e. The molecule has 27 heavy (non-hydrogen) atoms. The molecule has 1 N–H and O–H groups in total. The Morgan fingerprint density at radius 3 is 2.44 bits per heavy atom. The largest absolute Gasteiger partial charge is 0.481 e. The van der Waals surface area contributed by atoms with Crippen LogP contribution in [0.15, 0.2) is 69.9 Å². The summed E-state index contributed by atoms with van der Waals surface area (Å²) in [6, 6.07) is 17.2. The number of carbonyl (C=O) groups excluding carboxylic acids is 1. The summed E-state index contributed by atoms with van der Waals surface area (Å²) in [5, 5.41) is 9.99. The van der Waals surface area contributed by atoms with Crippen molar-refractivity contribution in [3.63, 3.8) is 0 Å². The Morgan fingerprint density at radius 1 is 1.00 bits per heavy atom. The first-order valence-corrected chi connectivity index (χ1v) is 8.64. The molecule has 0 bridgehead atoms. The number of carbonyl (C=O) groups is 2. The van der Waals surface area contributed by atoms with Gasteiger partial charge in [-0.2, -0.15) is 0 Å². The van der Waals surface area contributed by atoms with E-state index in [1.54, 1.807) is 24.3 Å². The minimum Gasteiger partial charge on any atom is -0.481 e. The van der Waals surface area contributed by atoms with Crippen LogP contribution in [0.4, 0.5) is 0 Å². The second-order valence-electron chi connectivity index (χ2n) is 6.64. The van der Waals surface area contributed by atoms with Crippen LogP contribution in [0.25, 0.3) is 11.0 Å². The number of amides is 1. The Morgan fingerprint density at radius 2 is 1.70 bits per heavy atom. The topological polar surface area (TPSA) is 87.8 Å². The van der Waals surface area contributed by atoms with E-state index in [1.165, 1.54) is 11.0 Å². The van der Waals surface area contributed by atoms with Gasteiger partial charge in [-0.1, -0.05) is 42.5 Å². The molecule has 2 heterocycles. The zero-order valence-corrected chi connectivity index (χ0v) is 14.4. The molecule has 4 rings (SSSR count). The summed E-state index contributed by atoms with van der Waals surface area (Å²) in [5.74, 6) is -2.50. The highest BCUT2D eigenvalue weighted by Gasteiger charge is 2.41. The normalized spacial score (nSPS) is 19.3. The summed E-state index contributed by atoms with van der Waals surface area (Å²) in [6.07, 6.45) is 0. The van der Waals surface area contributed by atoms with Crippen LogP contribution in [0.1, 0.15) is 22.0 Å². The van der Waals surface area contributed by atoms with E-state index in [4.69, 9.17) is 4.42 Å². The Labute approximate surface area is 154 Å². The molecular weight excluding hydrogens is 346 g/mol. The van der Waals surface area contributed by atoms with E-state index in [0.717, 1.165) is 5.56 Å². The molecule has 0 unspecified atom stereocenters. The van der Waals surface area contributed by atoms with Crippen molar-refractivity contribution < 1.29 is 19.1 Å². The van der Waals surface area contributed by atoms with Gasteiger partial charge in [0.05, 0.1) is 11.3 Å². The number of hydrogen-bond acceptors (Lipinski definition) is 4. The van der Waals surface area contributed by atoms with Crippen molar-refractivity contribution in [2.75, 3.05) is 13.1 Å². The average Bonchev–Trinajstić information content (AvgIpc) is 3.14. The van der Waals surface area contributed by atoms with Crippen molar-refractivity contribution in [2.24, 2.45) is 5.92 Å². The molecule has 6 nitrogen and oxygen atoms in total. The van der Waals surface area contributed by atoms with Crippen LogP contribution < -0.4 is 5.43 Å². The van der Waals surface area contributed by atoms with Gasteiger partial charge in [0, 0.05) is 25.1 Å². The van der Waals surface area contributed by atoms with Crippen LogP contribution in [0.5, 0.6) is 0 Å². The van der Waals surface area contributed by atoms with Gasteiger partial charge in [0.15, 0.2) is 11.2 Å². The van der Waals surface area contributed by atoms with Crippen molar-refractivity contribution >= 4 is 22.8 Å². The van der Waals surface area contributed by atoms with Crippen LogP contribution in [-0.4, -0.2) is 35.0 Å². The molecule has 1 amide bonds. The van der Waals surface area contributed by atoms with Gasteiger partial charge in [-0.3, -0.25) is 14.4 Å². The number of benzene rings is 2. The number of nitrogens with zero attached hydrogens (tertiary/aromatic N) is 1. The van der Waals surface area contributed by atoms with Crippen LogP contribution in [-0.2, 0) is 4.79 Å². The molecule has 1 aliphatic heterocycles. The van der Waals surface area contributed by atoms with Crippen molar-refractivity contribution in [2.45, 2.75) is 5.92 Å². The SMILES string of the molecule is O=C(O)[C@@H]1CN(C(=O)c2cc(=O)c3ccccc3o2)C[C@H]1c1ccccc1. The van der Waals surface area contributed by atoms with Gasteiger partial charge >= 0.3 is 5.97 Å². The minimum absolute atomic E-state index is 0.0726. The molecule has 136 valence electrons.